The Labute approximate surface area is 125 Å². The molecule has 0 heterocycles. The van der Waals surface area contributed by atoms with Crippen LogP contribution in [0.1, 0.15) is 33.3 Å². The van der Waals surface area contributed by atoms with Crippen LogP contribution >= 0.6 is 15.9 Å². The zero-order chi connectivity index (χ0) is 14.5. The van der Waals surface area contributed by atoms with E-state index in [1.807, 2.05) is 0 Å². The Hall–Kier alpha value is -0.580. The van der Waals surface area contributed by atoms with Crippen molar-refractivity contribution in [2.45, 2.75) is 39.8 Å². The van der Waals surface area contributed by atoms with Crippen LogP contribution in [0.25, 0.3) is 0 Å². The number of likely N-dealkylation sites (N-methyl/N-ethyl adjacent to an activating group) is 1. The van der Waals surface area contributed by atoms with Gasteiger partial charge < -0.3 is 15.3 Å². The van der Waals surface area contributed by atoms with Crippen LogP contribution in [0.4, 0.5) is 5.69 Å². The Morgan fingerprint density at radius 2 is 2.00 bits per heavy atom. The highest BCUT2D eigenvalue weighted by Crippen LogP contribution is 2.25. The average Bonchev–Trinajstić information content (AvgIpc) is 2.33. The summed E-state index contributed by atoms with van der Waals surface area (Å²) in [5.74, 6) is 0. The molecular weight excluding hydrogens is 304 g/mol. The molecule has 0 amide bonds. The van der Waals surface area contributed by atoms with Crippen LogP contribution in [-0.4, -0.2) is 30.3 Å². The molecule has 0 spiro atoms. The van der Waals surface area contributed by atoms with Crippen molar-refractivity contribution >= 4 is 21.6 Å². The van der Waals surface area contributed by atoms with Crippen LogP contribution in [0.15, 0.2) is 22.7 Å². The number of halogens is 1. The van der Waals surface area contributed by atoms with Gasteiger partial charge in [0.15, 0.2) is 0 Å². The van der Waals surface area contributed by atoms with Gasteiger partial charge in [-0.25, -0.2) is 0 Å². The van der Waals surface area contributed by atoms with Crippen molar-refractivity contribution in [3.63, 3.8) is 0 Å². The largest absolute Gasteiger partial charge is 0.395 e. The highest BCUT2D eigenvalue weighted by Gasteiger charge is 2.13. The molecule has 1 aromatic rings. The zero-order valence-electron chi connectivity index (χ0n) is 12.3. The lowest BCUT2D eigenvalue weighted by atomic mass is 10.1. The lowest BCUT2D eigenvalue weighted by Gasteiger charge is -2.27. The fraction of sp³-hybridized carbons (Fsp3) is 0.600. The summed E-state index contributed by atoms with van der Waals surface area (Å²) in [5, 5.41) is 12.7. The summed E-state index contributed by atoms with van der Waals surface area (Å²) in [4.78, 5) is 2.20. The van der Waals surface area contributed by atoms with E-state index in [1.165, 1.54) is 11.3 Å². The quantitative estimate of drug-likeness (QED) is 0.842. The average molecular weight is 329 g/mol. The van der Waals surface area contributed by atoms with Crippen LogP contribution in [0.5, 0.6) is 0 Å². The lowest BCUT2D eigenvalue weighted by molar-refractivity contribution is 0.302. The second-order valence-corrected chi connectivity index (χ2v) is 6.60. The first-order valence-corrected chi connectivity index (χ1v) is 7.56. The van der Waals surface area contributed by atoms with Crippen molar-refractivity contribution in [2.24, 2.45) is 0 Å². The molecule has 4 heteroatoms. The summed E-state index contributed by atoms with van der Waals surface area (Å²) < 4.78 is 1.09. The minimum absolute atomic E-state index is 0.0909. The molecule has 0 atom stereocenters. The summed E-state index contributed by atoms with van der Waals surface area (Å²) in [6, 6.07) is 6.31. The monoisotopic (exact) mass is 328 g/mol. The van der Waals surface area contributed by atoms with E-state index < -0.39 is 0 Å². The molecule has 0 aliphatic heterocycles. The minimum Gasteiger partial charge on any atom is -0.395 e. The van der Waals surface area contributed by atoms with Gasteiger partial charge in [-0.15, -0.1) is 0 Å². The number of anilines is 1. The third-order valence-electron chi connectivity index (χ3n) is 2.94. The number of hydrogen-bond acceptors (Lipinski definition) is 3. The van der Waals surface area contributed by atoms with Crippen molar-refractivity contribution in [1.29, 1.82) is 0 Å². The molecular formula is C15H25BrN2O. The maximum absolute atomic E-state index is 9.17. The molecule has 0 unspecified atom stereocenters. The van der Waals surface area contributed by atoms with Gasteiger partial charge in [-0.3, -0.25) is 0 Å². The summed E-state index contributed by atoms with van der Waals surface area (Å²) in [6.45, 7) is 11.2. The maximum Gasteiger partial charge on any atom is 0.0606 e. The topological polar surface area (TPSA) is 35.5 Å². The van der Waals surface area contributed by atoms with Crippen LogP contribution in [0.3, 0.4) is 0 Å². The highest BCUT2D eigenvalue weighted by molar-refractivity contribution is 9.10. The predicted molar refractivity (Wildman–Crippen MR) is 85.7 cm³/mol. The highest BCUT2D eigenvalue weighted by atomic mass is 79.9. The third-order valence-corrected chi connectivity index (χ3v) is 3.44. The number of aliphatic hydroxyl groups excluding tert-OH is 1. The summed E-state index contributed by atoms with van der Waals surface area (Å²) in [7, 11) is 0. The fourth-order valence-corrected chi connectivity index (χ4v) is 2.34. The summed E-state index contributed by atoms with van der Waals surface area (Å²) >= 11 is 3.53. The van der Waals surface area contributed by atoms with Gasteiger partial charge in [0.1, 0.15) is 0 Å². The van der Waals surface area contributed by atoms with Crippen molar-refractivity contribution in [2.75, 3.05) is 24.6 Å². The molecule has 19 heavy (non-hydrogen) atoms. The van der Waals surface area contributed by atoms with Gasteiger partial charge in [-0.05, 0) is 51.5 Å². The standard InChI is InChI=1S/C15H25BrN2O/c1-5-18(8-9-19)14-7-6-13(16)10-12(14)11-17-15(2,3)4/h6-7,10,17,19H,5,8-9,11H2,1-4H3. The van der Waals surface area contributed by atoms with Gasteiger partial charge in [0.2, 0.25) is 0 Å². The normalized spacial score (nSPS) is 11.7. The van der Waals surface area contributed by atoms with E-state index >= 15 is 0 Å². The first kappa shape index (κ1) is 16.5. The summed E-state index contributed by atoms with van der Waals surface area (Å²) in [6.07, 6.45) is 0. The third kappa shape index (κ3) is 5.51. The first-order chi connectivity index (χ1) is 8.87. The second-order valence-electron chi connectivity index (χ2n) is 5.68. The Balaban J connectivity index is 2.96. The molecule has 3 nitrogen and oxygen atoms in total. The Kier molecular flexibility index (Phi) is 6.30. The maximum atomic E-state index is 9.17. The Morgan fingerprint density at radius 3 is 2.53 bits per heavy atom. The van der Waals surface area contributed by atoms with Gasteiger partial charge in [0, 0.05) is 35.3 Å². The lowest BCUT2D eigenvalue weighted by Crippen LogP contribution is -2.36. The van der Waals surface area contributed by atoms with Crippen LogP contribution in [0, 0.1) is 0 Å². The number of rotatable bonds is 6. The van der Waals surface area contributed by atoms with E-state index in [9.17, 15) is 0 Å². The van der Waals surface area contributed by atoms with E-state index in [2.05, 4.69) is 72.0 Å². The SMILES string of the molecule is CCN(CCO)c1ccc(Br)cc1CNC(C)(C)C. The van der Waals surface area contributed by atoms with Crippen molar-refractivity contribution in [3.8, 4) is 0 Å². The number of benzene rings is 1. The van der Waals surface area contributed by atoms with E-state index in [0.29, 0.717) is 6.54 Å². The Bertz CT molecular complexity index is 402. The fourth-order valence-electron chi connectivity index (χ4n) is 1.93. The van der Waals surface area contributed by atoms with Crippen LogP contribution < -0.4 is 10.2 Å². The van der Waals surface area contributed by atoms with E-state index in [0.717, 1.165) is 17.6 Å². The number of nitrogens with zero attached hydrogens (tertiary/aromatic N) is 1. The Morgan fingerprint density at radius 1 is 1.32 bits per heavy atom. The van der Waals surface area contributed by atoms with E-state index in [4.69, 9.17) is 5.11 Å². The molecule has 0 aliphatic carbocycles. The smallest absolute Gasteiger partial charge is 0.0606 e. The molecule has 0 radical (unpaired) electrons. The van der Waals surface area contributed by atoms with E-state index in [1.54, 1.807) is 0 Å². The molecule has 0 saturated carbocycles. The van der Waals surface area contributed by atoms with Crippen molar-refractivity contribution in [3.05, 3.63) is 28.2 Å². The first-order valence-electron chi connectivity index (χ1n) is 6.76. The van der Waals surface area contributed by atoms with Gasteiger partial charge in [0.25, 0.3) is 0 Å². The number of aliphatic hydroxyl groups is 1. The molecule has 1 aromatic carbocycles. The van der Waals surface area contributed by atoms with Gasteiger partial charge >= 0.3 is 0 Å². The minimum atomic E-state index is 0.0909. The van der Waals surface area contributed by atoms with Crippen molar-refractivity contribution in [1.82, 2.24) is 5.32 Å². The summed E-state index contributed by atoms with van der Waals surface area (Å²) in [5.41, 5.74) is 2.53. The van der Waals surface area contributed by atoms with Gasteiger partial charge in [-0.1, -0.05) is 15.9 Å². The molecule has 2 N–H and O–H groups in total. The van der Waals surface area contributed by atoms with Gasteiger partial charge in [0.05, 0.1) is 6.61 Å². The molecule has 1 rings (SSSR count). The van der Waals surface area contributed by atoms with Crippen molar-refractivity contribution < 1.29 is 5.11 Å². The molecule has 0 aliphatic rings. The second kappa shape index (κ2) is 7.27. The number of hydrogen-bond donors (Lipinski definition) is 2. The van der Waals surface area contributed by atoms with E-state index in [-0.39, 0.29) is 12.1 Å². The zero-order valence-corrected chi connectivity index (χ0v) is 13.9. The molecule has 0 bridgehead atoms. The van der Waals surface area contributed by atoms with Gasteiger partial charge in [-0.2, -0.15) is 0 Å². The molecule has 0 aromatic heterocycles. The molecule has 0 saturated heterocycles. The number of nitrogens with one attached hydrogen (secondary N) is 1. The predicted octanol–water partition coefficient (Wildman–Crippen LogP) is 3.16. The molecule has 108 valence electrons. The van der Waals surface area contributed by atoms with Crippen LogP contribution in [0.2, 0.25) is 0 Å². The molecule has 0 fully saturated rings. The van der Waals surface area contributed by atoms with Crippen LogP contribution in [-0.2, 0) is 6.54 Å².